The van der Waals surface area contributed by atoms with Crippen LogP contribution in [0.1, 0.15) is 31.2 Å². The van der Waals surface area contributed by atoms with E-state index in [-0.39, 0.29) is 6.10 Å². The van der Waals surface area contributed by atoms with Crippen molar-refractivity contribution in [3.05, 3.63) is 41.9 Å². The van der Waals surface area contributed by atoms with Crippen LogP contribution in [0.4, 0.5) is 5.82 Å². The first-order valence-corrected chi connectivity index (χ1v) is 8.52. The van der Waals surface area contributed by atoms with Crippen LogP contribution in [-0.2, 0) is 11.2 Å². The van der Waals surface area contributed by atoms with Crippen molar-refractivity contribution in [1.82, 2.24) is 9.97 Å². The highest BCUT2D eigenvalue weighted by Gasteiger charge is 2.12. The van der Waals surface area contributed by atoms with Crippen LogP contribution >= 0.6 is 0 Å². The summed E-state index contributed by atoms with van der Waals surface area (Å²) in [4.78, 5) is 8.78. The third-order valence-electron chi connectivity index (χ3n) is 3.92. The van der Waals surface area contributed by atoms with E-state index in [0.29, 0.717) is 24.5 Å². The molecule has 2 rings (SSSR count). The number of nitrogens with one attached hydrogen (secondary N) is 1. The summed E-state index contributed by atoms with van der Waals surface area (Å²) in [5, 5.41) is 3.02. The van der Waals surface area contributed by atoms with Gasteiger partial charge in [-0.3, -0.25) is 0 Å². The van der Waals surface area contributed by atoms with Gasteiger partial charge in [-0.15, -0.1) is 0 Å². The molecular formula is C19H27N3O3. The number of benzene rings is 1. The van der Waals surface area contributed by atoms with Crippen LogP contribution in [0.3, 0.4) is 0 Å². The fourth-order valence-electron chi connectivity index (χ4n) is 2.52. The topological polar surface area (TPSA) is 65.5 Å². The standard InChI is InChI=1S/C19H27N3O3/c1-5-6-15(23-3)13-25-17-11-14(7-8-16(17)24-4)12-19-21-10-9-18(20-2)22-19/h7-11,15H,5-6,12-13H2,1-4H3,(H,20,21,22)/t15-/m0/s1. The molecular weight excluding hydrogens is 318 g/mol. The lowest BCUT2D eigenvalue weighted by molar-refractivity contribution is 0.0507. The zero-order valence-corrected chi connectivity index (χ0v) is 15.4. The summed E-state index contributed by atoms with van der Waals surface area (Å²) < 4.78 is 16.8. The zero-order chi connectivity index (χ0) is 18.1. The molecule has 0 fully saturated rings. The molecule has 1 N–H and O–H groups in total. The Labute approximate surface area is 149 Å². The number of methoxy groups -OCH3 is 2. The van der Waals surface area contributed by atoms with Crippen LogP contribution < -0.4 is 14.8 Å². The number of hydrogen-bond donors (Lipinski definition) is 1. The number of nitrogens with zero attached hydrogens (tertiary/aromatic N) is 2. The maximum absolute atomic E-state index is 5.95. The fourth-order valence-corrected chi connectivity index (χ4v) is 2.52. The van der Waals surface area contributed by atoms with Gasteiger partial charge in [0.05, 0.1) is 13.2 Å². The van der Waals surface area contributed by atoms with E-state index in [1.54, 1.807) is 20.4 Å². The first-order chi connectivity index (χ1) is 12.2. The van der Waals surface area contributed by atoms with E-state index in [2.05, 4.69) is 22.2 Å². The average molecular weight is 345 g/mol. The molecule has 25 heavy (non-hydrogen) atoms. The molecule has 0 spiro atoms. The van der Waals surface area contributed by atoms with E-state index in [0.717, 1.165) is 30.0 Å². The molecule has 0 aliphatic carbocycles. The first-order valence-electron chi connectivity index (χ1n) is 8.52. The number of hydrogen-bond acceptors (Lipinski definition) is 6. The molecule has 1 aromatic carbocycles. The zero-order valence-electron chi connectivity index (χ0n) is 15.4. The Morgan fingerprint density at radius 1 is 1.16 bits per heavy atom. The average Bonchev–Trinajstić information content (AvgIpc) is 2.65. The van der Waals surface area contributed by atoms with Crippen LogP contribution in [-0.4, -0.2) is 43.9 Å². The second kappa shape index (κ2) is 9.84. The van der Waals surface area contributed by atoms with Gasteiger partial charge in [-0.2, -0.15) is 0 Å². The number of ether oxygens (including phenoxy) is 3. The summed E-state index contributed by atoms with van der Waals surface area (Å²) in [6.45, 7) is 2.63. The summed E-state index contributed by atoms with van der Waals surface area (Å²) in [5.74, 6) is 2.98. The number of rotatable bonds is 10. The Kier molecular flexibility index (Phi) is 7.47. The SMILES string of the molecule is CCC[C@@H](COc1cc(Cc2nccc(NC)n2)ccc1OC)OC. The van der Waals surface area contributed by atoms with Crippen LogP contribution in [0.5, 0.6) is 11.5 Å². The monoisotopic (exact) mass is 345 g/mol. The van der Waals surface area contributed by atoms with Crippen LogP contribution in [0.2, 0.25) is 0 Å². The van der Waals surface area contributed by atoms with Crippen molar-refractivity contribution in [2.24, 2.45) is 0 Å². The van der Waals surface area contributed by atoms with Gasteiger partial charge >= 0.3 is 0 Å². The molecule has 1 aromatic heterocycles. The maximum atomic E-state index is 5.95. The van der Waals surface area contributed by atoms with Gasteiger partial charge in [0.15, 0.2) is 11.5 Å². The maximum Gasteiger partial charge on any atom is 0.161 e. The molecule has 6 nitrogen and oxygen atoms in total. The lowest BCUT2D eigenvalue weighted by Crippen LogP contribution is -2.20. The summed E-state index contributed by atoms with van der Waals surface area (Å²) in [6.07, 6.45) is 4.47. The summed E-state index contributed by atoms with van der Waals surface area (Å²) >= 11 is 0. The molecule has 0 aliphatic heterocycles. The van der Waals surface area contributed by atoms with Crippen molar-refractivity contribution in [3.8, 4) is 11.5 Å². The van der Waals surface area contributed by atoms with Crippen molar-refractivity contribution in [2.75, 3.05) is 33.2 Å². The molecule has 0 saturated heterocycles. The highest BCUT2D eigenvalue weighted by atomic mass is 16.5. The normalized spacial score (nSPS) is 11.8. The molecule has 0 radical (unpaired) electrons. The predicted octanol–water partition coefficient (Wildman–Crippen LogP) is 3.31. The number of anilines is 1. The molecule has 136 valence electrons. The molecule has 0 saturated carbocycles. The quantitative estimate of drug-likeness (QED) is 0.713. The highest BCUT2D eigenvalue weighted by Crippen LogP contribution is 2.29. The van der Waals surface area contributed by atoms with Crippen molar-refractivity contribution in [1.29, 1.82) is 0 Å². The molecule has 0 aliphatic rings. The molecule has 0 bridgehead atoms. The summed E-state index contributed by atoms with van der Waals surface area (Å²) in [5.41, 5.74) is 1.06. The lowest BCUT2D eigenvalue weighted by Gasteiger charge is -2.17. The van der Waals surface area contributed by atoms with Crippen molar-refractivity contribution in [3.63, 3.8) is 0 Å². The second-order valence-electron chi connectivity index (χ2n) is 5.73. The third kappa shape index (κ3) is 5.60. The first kappa shape index (κ1) is 19.0. The minimum atomic E-state index is 0.0778. The van der Waals surface area contributed by atoms with E-state index >= 15 is 0 Å². The third-order valence-corrected chi connectivity index (χ3v) is 3.92. The van der Waals surface area contributed by atoms with E-state index < -0.39 is 0 Å². The van der Waals surface area contributed by atoms with Gasteiger partial charge in [0.25, 0.3) is 0 Å². The summed E-state index contributed by atoms with van der Waals surface area (Å²) in [6, 6.07) is 7.73. The van der Waals surface area contributed by atoms with Gasteiger partial charge < -0.3 is 19.5 Å². The van der Waals surface area contributed by atoms with Gasteiger partial charge in [0, 0.05) is 26.8 Å². The number of aromatic nitrogens is 2. The predicted molar refractivity (Wildman–Crippen MR) is 98.6 cm³/mol. The van der Waals surface area contributed by atoms with Crippen molar-refractivity contribution >= 4 is 5.82 Å². The Hall–Kier alpha value is -2.34. The van der Waals surface area contributed by atoms with Gasteiger partial charge in [0.1, 0.15) is 18.2 Å². The van der Waals surface area contributed by atoms with Crippen molar-refractivity contribution < 1.29 is 14.2 Å². The molecule has 1 atom stereocenters. The Morgan fingerprint density at radius 2 is 2.00 bits per heavy atom. The van der Waals surface area contributed by atoms with Gasteiger partial charge in [-0.1, -0.05) is 19.4 Å². The van der Waals surface area contributed by atoms with Gasteiger partial charge in [-0.25, -0.2) is 9.97 Å². The largest absolute Gasteiger partial charge is 0.493 e. The van der Waals surface area contributed by atoms with E-state index in [1.807, 2.05) is 31.3 Å². The molecule has 2 aromatic rings. The summed E-state index contributed by atoms with van der Waals surface area (Å²) in [7, 11) is 5.19. The van der Waals surface area contributed by atoms with Gasteiger partial charge in [-0.05, 0) is 30.2 Å². The Bertz CT molecular complexity index is 664. The van der Waals surface area contributed by atoms with Crippen LogP contribution in [0.15, 0.2) is 30.5 Å². The second-order valence-corrected chi connectivity index (χ2v) is 5.73. The molecule has 6 heteroatoms. The van der Waals surface area contributed by atoms with E-state index in [4.69, 9.17) is 14.2 Å². The van der Waals surface area contributed by atoms with Gasteiger partial charge in [0.2, 0.25) is 0 Å². The van der Waals surface area contributed by atoms with Crippen molar-refractivity contribution in [2.45, 2.75) is 32.3 Å². The van der Waals surface area contributed by atoms with Crippen LogP contribution in [0.25, 0.3) is 0 Å². The van der Waals surface area contributed by atoms with Crippen LogP contribution in [0, 0.1) is 0 Å². The molecule has 0 amide bonds. The van der Waals surface area contributed by atoms with E-state index in [9.17, 15) is 0 Å². The lowest BCUT2D eigenvalue weighted by atomic mass is 10.1. The Balaban J connectivity index is 2.12. The fraction of sp³-hybridized carbons (Fsp3) is 0.474. The minimum Gasteiger partial charge on any atom is -0.493 e. The molecule has 0 unspecified atom stereocenters. The molecule has 1 heterocycles. The van der Waals surface area contributed by atoms with E-state index in [1.165, 1.54) is 0 Å². The highest BCUT2D eigenvalue weighted by molar-refractivity contribution is 5.44. The minimum absolute atomic E-state index is 0.0778. The Morgan fingerprint density at radius 3 is 2.68 bits per heavy atom. The smallest absolute Gasteiger partial charge is 0.161 e.